The number of nitrogens with zero attached hydrogens (tertiary/aromatic N) is 3. The minimum Gasteiger partial charge on any atom is -0.352 e. The Morgan fingerprint density at radius 1 is 1.17 bits per heavy atom. The Labute approximate surface area is 178 Å². The molecule has 2 fully saturated rings. The number of hydrogen-bond donors (Lipinski definition) is 1. The topological polar surface area (TPSA) is 59.8 Å². The average Bonchev–Trinajstić information content (AvgIpc) is 3.49. The molecular formula is C23H32N4OS. The third kappa shape index (κ3) is 4.85. The number of nitrogens with one attached hydrogen (secondary N) is 1. The number of thioether (sulfide) groups is 1. The maximum absolute atomic E-state index is 12.9. The van der Waals surface area contributed by atoms with Gasteiger partial charge in [-0.3, -0.25) is 4.79 Å². The van der Waals surface area contributed by atoms with Crippen LogP contribution in [0.3, 0.4) is 0 Å². The van der Waals surface area contributed by atoms with E-state index < -0.39 is 0 Å². The minimum atomic E-state index is -0.190. The molecule has 1 N–H and O–H groups in total. The maximum Gasteiger partial charge on any atom is 0.233 e. The van der Waals surface area contributed by atoms with Gasteiger partial charge in [0.2, 0.25) is 5.91 Å². The second-order valence-corrected chi connectivity index (χ2v) is 10.1. The smallest absolute Gasteiger partial charge is 0.233 e. The Morgan fingerprint density at radius 3 is 2.66 bits per heavy atom. The molecule has 2 aliphatic rings. The van der Waals surface area contributed by atoms with Gasteiger partial charge in [0.15, 0.2) is 5.16 Å². The monoisotopic (exact) mass is 412 g/mol. The van der Waals surface area contributed by atoms with E-state index in [2.05, 4.69) is 58.2 Å². The lowest BCUT2D eigenvalue weighted by Crippen LogP contribution is -2.46. The maximum atomic E-state index is 12.9. The normalized spacial score (nSPS) is 25.6. The highest BCUT2D eigenvalue weighted by molar-refractivity contribution is 8.00. The molecule has 5 nitrogen and oxygen atoms in total. The van der Waals surface area contributed by atoms with E-state index in [0.717, 1.165) is 23.9 Å². The van der Waals surface area contributed by atoms with Crippen LogP contribution < -0.4 is 5.32 Å². The lowest BCUT2D eigenvalue weighted by atomic mass is 9.78. The zero-order valence-corrected chi connectivity index (χ0v) is 18.5. The highest BCUT2D eigenvalue weighted by atomic mass is 32.2. The van der Waals surface area contributed by atoms with Gasteiger partial charge in [-0.2, -0.15) is 0 Å². The number of aromatic nitrogens is 3. The van der Waals surface area contributed by atoms with Gasteiger partial charge in [0.1, 0.15) is 5.82 Å². The Kier molecular flexibility index (Phi) is 6.28. The summed E-state index contributed by atoms with van der Waals surface area (Å²) in [4.78, 5) is 12.9. The summed E-state index contributed by atoms with van der Waals surface area (Å²) in [7, 11) is 0. The predicted octanol–water partition coefficient (Wildman–Crippen LogP) is 4.63. The molecule has 2 aliphatic carbocycles. The first-order valence-electron chi connectivity index (χ1n) is 11.0. The molecule has 0 unspecified atom stereocenters. The SMILES string of the molecule is C[C@@H]1[C@@H](C)CCC[C@H]1NC(=O)[C@@H](C)Sc1nnc(C2CC2)n1Cc1ccccc1. The highest BCUT2D eigenvalue weighted by Gasteiger charge is 2.32. The van der Waals surface area contributed by atoms with Gasteiger partial charge in [-0.05, 0) is 43.6 Å². The Morgan fingerprint density at radius 2 is 1.93 bits per heavy atom. The van der Waals surface area contributed by atoms with E-state index in [-0.39, 0.29) is 11.2 Å². The van der Waals surface area contributed by atoms with Crippen molar-refractivity contribution in [2.24, 2.45) is 11.8 Å². The Bertz CT molecular complexity index is 833. The van der Waals surface area contributed by atoms with Crippen LogP contribution in [0.2, 0.25) is 0 Å². The van der Waals surface area contributed by atoms with Crippen LogP contribution in [0, 0.1) is 11.8 Å². The van der Waals surface area contributed by atoms with E-state index in [1.807, 2.05) is 13.0 Å². The molecule has 2 saturated carbocycles. The van der Waals surface area contributed by atoms with Crippen LogP contribution in [0.1, 0.15) is 70.2 Å². The molecule has 0 spiro atoms. The second-order valence-electron chi connectivity index (χ2n) is 8.83. The third-order valence-electron chi connectivity index (χ3n) is 6.56. The summed E-state index contributed by atoms with van der Waals surface area (Å²) in [5.74, 6) is 2.91. The van der Waals surface area contributed by atoms with Crippen LogP contribution in [0.25, 0.3) is 0 Å². The van der Waals surface area contributed by atoms with Crippen molar-refractivity contribution in [2.45, 2.75) is 81.8 Å². The van der Waals surface area contributed by atoms with E-state index in [0.29, 0.717) is 23.8 Å². The average molecular weight is 413 g/mol. The summed E-state index contributed by atoms with van der Waals surface area (Å²) in [5.41, 5.74) is 1.23. The van der Waals surface area contributed by atoms with Crippen molar-refractivity contribution >= 4 is 17.7 Å². The number of hydrogen-bond acceptors (Lipinski definition) is 4. The van der Waals surface area contributed by atoms with Crippen molar-refractivity contribution in [3.63, 3.8) is 0 Å². The van der Waals surface area contributed by atoms with E-state index in [9.17, 15) is 4.79 Å². The zero-order chi connectivity index (χ0) is 20.4. The molecule has 1 amide bonds. The molecule has 4 rings (SSSR count). The number of rotatable bonds is 7. The van der Waals surface area contributed by atoms with Crippen molar-refractivity contribution in [2.75, 3.05) is 0 Å². The Hall–Kier alpha value is -1.82. The summed E-state index contributed by atoms with van der Waals surface area (Å²) in [6, 6.07) is 10.7. The quantitative estimate of drug-likeness (QED) is 0.674. The van der Waals surface area contributed by atoms with Crippen LogP contribution in [-0.2, 0) is 11.3 Å². The molecule has 1 aromatic carbocycles. The molecule has 4 atom stereocenters. The first kappa shape index (κ1) is 20.5. The summed E-state index contributed by atoms with van der Waals surface area (Å²) >= 11 is 1.53. The molecule has 1 heterocycles. The van der Waals surface area contributed by atoms with Crippen molar-refractivity contribution in [3.8, 4) is 0 Å². The van der Waals surface area contributed by atoms with E-state index in [1.165, 1.54) is 43.0 Å². The van der Waals surface area contributed by atoms with Crippen LogP contribution in [0.5, 0.6) is 0 Å². The number of carbonyl (C=O) groups is 1. The first-order chi connectivity index (χ1) is 14.0. The molecule has 0 saturated heterocycles. The van der Waals surface area contributed by atoms with Crippen LogP contribution in [0.15, 0.2) is 35.5 Å². The van der Waals surface area contributed by atoms with Gasteiger partial charge in [-0.25, -0.2) is 0 Å². The molecule has 29 heavy (non-hydrogen) atoms. The number of carbonyl (C=O) groups excluding carboxylic acids is 1. The fraction of sp³-hybridized carbons (Fsp3) is 0.609. The van der Waals surface area contributed by atoms with Gasteiger partial charge in [0, 0.05) is 12.0 Å². The van der Waals surface area contributed by atoms with Gasteiger partial charge in [0.05, 0.1) is 11.8 Å². The molecule has 2 aromatic rings. The molecule has 6 heteroatoms. The van der Waals surface area contributed by atoms with Gasteiger partial charge < -0.3 is 9.88 Å². The fourth-order valence-corrected chi connectivity index (χ4v) is 5.11. The van der Waals surface area contributed by atoms with Gasteiger partial charge in [-0.15, -0.1) is 10.2 Å². The van der Waals surface area contributed by atoms with Gasteiger partial charge in [0.25, 0.3) is 0 Å². The summed E-state index contributed by atoms with van der Waals surface area (Å²) in [6.07, 6.45) is 5.93. The van der Waals surface area contributed by atoms with Crippen molar-refractivity contribution in [3.05, 3.63) is 41.7 Å². The van der Waals surface area contributed by atoms with Crippen molar-refractivity contribution in [1.82, 2.24) is 20.1 Å². The van der Waals surface area contributed by atoms with Crippen LogP contribution in [-0.4, -0.2) is 32.0 Å². The summed E-state index contributed by atoms with van der Waals surface area (Å²) in [6.45, 7) is 7.31. The molecule has 156 valence electrons. The van der Waals surface area contributed by atoms with E-state index in [4.69, 9.17) is 0 Å². The standard InChI is InChI=1S/C23H32N4OS/c1-15-8-7-11-20(16(15)2)24-22(28)17(3)29-23-26-25-21(19-12-13-19)27(23)14-18-9-5-4-6-10-18/h4-6,9-10,15-17,19-20H,7-8,11-14H2,1-3H3,(H,24,28)/t15-,16+,17+,20+/m0/s1. The molecular weight excluding hydrogens is 380 g/mol. The summed E-state index contributed by atoms with van der Waals surface area (Å²) in [5, 5.41) is 12.9. The highest BCUT2D eigenvalue weighted by Crippen LogP contribution is 2.40. The van der Waals surface area contributed by atoms with Crippen LogP contribution >= 0.6 is 11.8 Å². The van der Waals surface area contributed by atoms with Crippen molar-refractivity contribution in [1.29, 1.82) is 0 Å². The fourth-order valence-electron chi connectivity index (χ4n) is 4.24. The summed E-state index contributed by atoms with van der Waals surface area (Å²) < 4.78 is 2.22. The third-order valence-corrected chi connectivity index (χ3v) is 7.64. The van der Waals surface area contributed by atoms with E-state index >= 15 is 0 Å². The first-order valence-corrected chi connectivity index (χ1v) is 11.8. The number of amides is 1. The molecule has 1 aromatic heterocycles. The lowest BCUT2D eigenvalue weighted by molar-refractivity contribution is -0.121. The molecule has 0 radical (unpaired) electrons. The predicted molar refractivity (Wildman–Crippen MR) is 117 cm³/mol. The lowest BCUT2D eigenvalue weighted by Gasteiger charge is -2.35. The zero-order valence-electron chi connectivity index (χ0n) is 17.7. The minimum absolute atomic E-state index is 0.114. The molecule has 0 aliphatic heterocycles. The van der Waals surface area contributed by atoms with Crippen molar-refractivity contribution < 1.29 is 4.79 Å². The molecule has 0 bridgehead atoms. The van der Waals surface area contributed by atoms with Crippen LogP contribution in [0.4, 0.5) is 0 Å². The number of benzene rings is 1. The largest absolute Gasteiger partial charge is 0.352 e. The van der Waals surface area contributed by atoms with E-state index in [1.54, 1.807) is 0 Å². The second kappa shape index (κ2) is 8.90. The van der Waals surface area contributed by atoms with Gasteiger partial charge >= 0.3 is 0 Å². The van der Waals surface area contributed by atoms with Gasteiger partial charge in [-0.1, -0.05) is 68.8 Å². The Balaban J connectivity index is 1.45.